The fraction of sp³-hybridized carbons (Fsp3) is 0.333. The molecule has 5 heteroatoms. The lowest BCUT2D eigenvalue weighted by Crippen LogP contribution is -2.11. The number of aliphatic carboxylic acids is 1. The molecule has 2 N–H and O–H groups in total. The topological polar surface area (TPSA) is 71.3 Å². The Kier molecular flexibility index (Phi) is 9.01. The van der Waals surface area contributed by atoms with E-state index in [0.29, 0.717) is 30.0 Å². The number of aromatic nitrogens is 1. The number of carbonyl (C=O) groups excluding carboxylic acids is 1. The maximum Gasteiger partial charge on any atom is 0.303 e. The highest BCUT2D eigenvalue weighted by Crippen LogP contribution is 2.28. The number of carbonyl (C=O) groups is 2. The van der Waals surface area contributed by atoms with Crippen molar-refractivity contribution >= 4 is 28.3 Å². The number of hydrogen-bond acceptors (Lipinski definition) is 3. The average molecular weight is 511 g/mol. The standard InChI is InChI=1S/C33H38N2O3/c1-4-9-30(25-17-15-24(16-18-25)20-23(2)3)34-27-11-7-10-26(21-27)33(38)29-22-35(19-8-14-32(36)37)31-13-6-5-12-28(29)31/h5-7,10-13,15-18,21-23,30,34H,4,8-9,14,19-20H2,1-3H3,(H,36,37). The number of anilines is 1. The summed E-state index contributed by atoms with van der Waals surface area (Å²) in [5.74, 6) is -0.216. The van der Waals surface area contributed by atoms with Crippen LogP contribution in [-0.4, -0.2) is 21.4 Å². The zero-order chi connectivity index (χ0) is 27.1. The Morgan fingerprint density at radius 3 is 2.45 bits per heavy atom. The predicted octanol–water partition coefficient (Wildman–Crippen LogP) is 7.89. The number of fused-ring (bicyclic) bond motifs is 1. The molecule has 1 atom stereocenters. The highest BCUT2D eigenvalue weighted by Gasteiger charge is 2.18. The fourth-order valence-electron chi connectivity index (χ4n) is 5.09. The Morgan fingerprint density at radius 1 is 0.974 bits per heavy atom. The number of aryl methyl sites for hydroxylation is 1. The van der Waals surface area contributed by atoms with Crippen LogP contribution in [0.3, 0.4) is 0 Å². The molecule has 0 fully saturated rings. The molecule has 0 bridgehead atoms. The van der Waals surface area contributed by atoms with Crippen molar-refractivity contribution in [2.24, 2.45) is 5.92 Å². The summed E-state index contributed by atoms with van der Waals surface area (Å²) >= 11 is 0. The molecule has 198 valence electrons. The van der Waals surface area contributed by atoms with Crippen LogP contribution < -0.4 is 5.32 Å². The van der Waals surface area contributed by atoms with Gasteiger partial charge in [-0.15, -0.1) is 0 Å². The van der Waals surface area contributed by atoms with Gasteiger partial charge in [0, 0.05) is 46.9 Å². The Hall–Kier alpha value is -3.86. The van der Waals surface area contributed by atoms with E-state index >= 15 is 0 Å². The number of hydrogen-bond donors (Lipinski definition) is 2. The van der Waals surface area contributed by atoms with E-state index < -0.39 is 5.97 Å². The van der Waals surface area contributed by atoms with Gasteiger partial charge in [-0.25, -0.2) is 0 Å². The van der Waals surface area contributed by atoms with E-state index in [4.69, 9.17) is 5.11 Å². The number of ketones is 1. The first-order valence-corrected chi connectivity index (χ1v) is 13.7. The van der Waals surface area contributed by atoms with Gasteiger partial charge in [0.15, 0.2) is 5.78 Å². The molecule has 0 saturated heterocycles. The molecular formula is C33H38N2O3. The van der Waals surface area contributed by atoms with Gasteiger partial charge in [-0.2, -0.15) is 0 Å². The molecular weight excluding hydrogens is 472 g/mol. The van der Waals surface area contributed by atoms with E-state index in [1.165, 1.54) is 11.1 Å². The molecule has 1 unspecified atom stereocenters. The van der Waals surface area contributed by atoms with Gasteiger partial charge in [0.05, 0.1) is 6.04 Å². The van der Waals surface area contributed by atoms with Crippen LogP contribution in [0.2, 0.25) is 0 Å². The number of carboxylic acid groups (broad SMARTS) is 1. The van der Waals surface area contributed by atoms with Gasteiger partial charge in [-0.1, -0.05) is 81.8 Å². The molecule has 38 heavy (non-hydrogen) atoms. The number of para-hydroxylation sites is 1. The minimum atomic E-state index is -0.810. The third kappa shape index (κ3) is 6.71. The van der Waals surface area contributed by atoms with E-state index in [9.17, 15) is 9.59 Å². The van der Waals surface area contributed by atoms with Crippen molar-refractivity contribution in [1.82, 2.24) is 4.57 Å². The van der Waals surface area contributed by atoms with Gasteiger partial charge in [-0.05, 0) is 54.5 Å². The monoisotopic (exact) mass is 510 g/mol. The second-order valence-corrected chi connectivity index (χ2v) is 10.5. The maximum absolute atomic E-state index is 13.7. The molecule has 0 radical (unpaired) electrons. The van der Waals surface area contributed by atoms with E-state index in [2.05, 4.69) is 50.4 Å². The summed E-state index contributed by atoms with van der Waals surface area (Å²) in [7, 11) is 0. The lowest BCUT2D eigenvalue weighted by Gasteiger charge is -2.21. The Bertz CT molecular complexity index is 1390. The minimum Gasteiger partial charge on any atom is -0.481 e. The Balaban J connectivity index is 1.56. The summed E-state index contributed by atoms with van der Waals surface area (Å²) in [5.41, 5.74) is 5.74. The van der Waals surface area contributed by atoms with Gasteiger partial charge in [0.25, 0.3) is 0 Å². The SMILES string of the molecule is CCCC(Nc1cccc(C(=O)c2cn(CCCC(=O)O)c3ccccc23)c1)c1ccc(CC(C)C)cc1. The summed E-state index contributed by atoms with van der Waals surface area (Å²) < 4.78 is 1.99. The lowest BCUT2D eigenvalue weighted by atomic mass is 9.97. The zero-order valence-corrected chi connectivity index (χ0v) is 22.6. The second kappa shape index (κ2) is 12.6. The first kappa shape index (κ1) is 27.2. The number of carboxylic acids is 1. The summed E-state index contributed by atoms with van der Waals surface area (Å²) in [5, 5.41) is 13.6. The van der Waals surface area contributed by atoms with E-state index in [0.717, 1.165) is 35.9 Å². The molecule has 5 nitrogen and oxygen atoms in total. The van der Waals surface area contributed by atoms with E-state index in [1.54, 1.807) is 0 Å². The van der Waals surface area contributed by atoms with Crippen molar-refractivity contribution in [1.29, 1.82) is 0 Å². The van der Waals surface area contributed by atoms with Crippen molar-refractivity contribution in [2.45, 2.75) is 65.5 Å². The lowest BCUT2D eigenvalue weighted by molar-refractivity contribution is -0.137. The van der Waals surface area contributed by atoms with Crippen LogP contribution in [0.15, 0.2) is 79.0 Å². The number of nitrogens with zero attached hydrogens (tertiary/aromatic N) is 1. The summed E-state index contributed by atoms with van der Waals surface area (Å²) in [6.07, 6.45) is 5.60. The molecule has 1 heterocycles. The molecule has 0 aliphatic rings. The van der Waals surface area contributed by atoms with Gasteiger partial charge >= 0.3 is 5.97 Å². The van der Waals surface area contributed by atoms with Crippen LogP contribution in [0.1, 0.15) is 79.5 Å². The summed E-state index contributed by atoms with van der Waals surface area (Å²) in [4.78, 5) is 24.7. The molecule has 4 aromatic rings. The van der Waals surface area contributed by atoms with E-state index in [1.807, 2.05) is 59.3 Å². The van der Waals surface area contributed by atoms with Crippen LogP contribution in [0.4, 0.5) is 5.69 Å². The maximum atomic E-state index is 13.7. The minimum absolute atomic E-state index is 0.0353. The summed E-state index contributed by atoms with van der Waals surface area (Å²) in [6, 6.07) is 24.6. The smallest absolute Gasteiger partial charge is 0.303 e. The Labute approximate surface area is 225 Å². The molecule has 0 amide bonds. The first-order chi connectivity index (χ1) is 18.4. The predicted molar refractivity (Wildman–Crippen MR) is 155 cm³/mol. The van der Waals surface area contributed by atoms with Gasteiger partial charge in [0.1, 0.15) is 0 Å². The molecule has 4 rings (SSSR count). The average Bonchev–Trinajstić information content (AvgIpc) is 3.27. The highest BCUT2D eigenvalue weighted by molar-refractivity contribution is 6.16. The summed E-state index contributed by atoms with van der Waals surface area (Å²) in [6.45, 7) is 7.21. The van der Waals surface area contributed by atoms with Gasteiger partial charge < -0.3 is 15.0 Å². The molecule has 0 aliphatic carbocycles. The Morgan fingerprint density at radius 2 is 1.74 bits per heavy atom. The van der Waals surface area contributed by atoms with Crippen LogP contribution in [0, 0.1) is 5.92 Å². The second-order valence-electron chi connectivity index (χ2n) is 10.5. The van der Waals surface area contributed by atoms with Crippen molar-refractivity contribution in [3.05, 3.63) is 101 Å². The number of rotatable bonds is 13. The molecule has 0 spiro atoms. The van der Waals surface area contributed by atoms with Crippen LogP contribution in [0.25, 0.3) is 10.9 Å². The molecule has 1 aromatic heterocycles. The molecule has 3 aromatic carbocycles. The largest absolute Gasteiger partial charge is 0.481 e. The van der Waals surface area contributed by atoms with Gasteiger partial charge in [-0.3, -0.25) is 9.59 Å². The number of benzene rings is 3. The number of nitrogens with one attached hydrogen (secondary N) is 1. The zero-order valence-electron chi connectivity index (χ0n) is 22.6. The molecule has 0 saturated carbocycles. The normalized spacial score (nSPS) is 12.1. The van der Waals surface area contributed by atoms with Crippen molar-refractivity contribution < 1.29 is 14.7 Å². The third-order valence-corrected chi connectivity index (χ3v) is 6.89. The third-order valence-electron chi connectivity index (χ3n) is 6.89. The van der Waals surface area contributed by atoms with Gasteiger partial charge in [0.2, 0.25) is 0 Å². The van der Waals surface area contributed by atoms with Crippen LogP contribution in [-0.2, 0) is 17.8 Å². The van der Waals surface area contributed by atoms with Crippen molar-refractivity contribution in [2.75, 3.05) is 5.32 Å². The van der Waals surface area contributed by atoms with Crippen molar-refractivity contribution in [3.63, 3.8) is 0 Å². The quantitative estimate of drug-likeness (QED) is 0.179. The van der Waals surface area contributed by atoms with E-state index in [-0.39, 0.29) is 18.2 Å². The highest BCUT2D eigenvalue weighted by atomic mass is 16.4. The molecule has 0 aliphatic heterocycles. The van der Waals surface area contributed by atoms with Crippen LogP contribution >= 0.6 is 0 Å². The van der Waals surface area contributed by atoms with Crippen molar-refractivity contribution in [3.8, 4) is 0 Å². The first-order valence-electron chi connectivity index (χ1n) is 13.7. The van der Waals surface area contributed by atoms with Crippen LogP contribution in [0.5, 0.6) is 0 Å². The fourth-order valence-corrected chi connectivity index (χ4v) is 5.09.